The maximum absolute atomic E-state index is 12.3. The first-order chi connectivity index (χ1) is 14.9. The largest absolute Gasteiger partial charge is 0.497 e. The molecule has 0 saturated heterocycles. The number of amides is 2. The highest BCUT2D eigenvalue weighted by Crippen LogP contribution is 2.17. The van der Waals surface area contributed by atoms with Crippen molar-refractivity contribution >= 4 is 28.8 Å². The monoisotopic (exact) mass is 439 g/mol. The van der Waals surface area contributed by atoms with Crippen LogP contribution in [-0.2, 0) is 17.9 Å². The predicted octanol–water partition coefficient (Wildman–Crippen LogP) is 2.86. The molecule has 0 atom stereocenters. The lowest BCUT2D eigenvalue weighted by Gasteiger charge is -2.14. The summed E-state index contributed by atoms with van der Waals surface area (Å²) in [4.78, 5) is 26.4. The van der Waals surface area contributed by atoms with E-state index in [0.29, 0.717) is 34.5 Å². The Balaban J connectivity index is 1.47. The van der Waals surface area contributed by atoms with Gasteiger partial charge in [0.05, 0.1) is 20.2 Å². The number of anilines is 1. The smallest absolute Gasteiger partial charge is 0.282 e. The van der Waals surface area contributed by atoms with E-state index < -0.39 is 0 Å². The topological polar surface area (TPSA) is 96.4 Å². The number of likely N-dealkylation sites (N-methyl/N-ethyl adjacent to an activating group) is 1. The van der Waals surface area contributed by atoms with Gasteiger partial charge in [-0.15, -0.1) is 10.2 Å². The van der Waals surface area contributed by atoms with Crippen LogP contribution >= 0.6 is 11.3 Å². The molecule has 1 aromatic heterocycles. The Morgan fingerprint density at radius 2 is 1.90 bits per heavy atom. The minimum Gasteiger partial charge on any atom is -0.497 e. The first kappa shape index (κ1) is 22.4. The normalized spacial score (nSPS) is 10.7. The van der Waals surface area contributed by atoms with E-state index in [4.69, 9.17) is 4.74 Å². The Bertz CT molecular complexity index is 1040. The van der Waals surface area contributed by atoms with Gasteiger partial charge >= 0.3 is 0 Å². The second kappa shape index (κ2) is 10.6. The molecule has 0 spiro atoms. The Morgan fingerprint density at radius 1 is 1.13 bits per heavy atom. The number of aryl methyl sites for hydroxylation is 1. The van der Waals surface area contributed by atoms with Gasteiger partial charge in [0.2, 0.25) is 10.9 Å². The Morgan fingerprint density at radius 3 is 2.65 bits per heavy atom. The molecule has 9 heteroatoms. The predicted molar refractivity (Wildman–Crippen MR) is 120 cm³/mol. The van der Waals surface area contributed by atoms with E-state index in [1.165, 1.54) is 16.9 Å². The third-order valence-corrected chi connectivity index (χ3v) is 5.31. The van der Waals surface area contributed by atoms with Crippen molar-refractivity contribution in [1.82, 2.24) is 20.4 Å². The van der Waals surface area contributed by atoms with E-state index in [9.17, 15) is 9.59 Å². The summed E-state index contributed by atoms with van der Waals surface area (Å²) in [6.07, 6.45) is 0. The van der Waals surface area contributed by atoms with Gasteiger partial charge in [-0.2, -0.15) is 0 Å². The van der Waals surface area contributed by atoms with Gasteiger partial charge in [-0.25, -0.2) is 0 Å². The van der Waals surface area contributed by atoms with Crippen LogP contribution < -0.4 is 15.4 Å². The number of ether oxygens (including phenoxy) is 1. The first-order valence-electron chi connectivity index (χ1n) is 9.71. The standard InChI is InChI=1S/C22H25N5O3S/c1-15-7-9-16(10-8-15)12-23-21(29)22-26-25-20(31-22)14-27(2)13-19(28)24-17-5-4-6-18(11-17)30-3/h4-11H,12-14H2,1-3H3,(H,23,29)(H,24,28). The second-order valence-electron chi connectivity index (χ2n) is 7.12. The van der Waals surface area contributed by atoms with Crippen molar-refractivity contribution in [2.45, 2.75) is 20.0 Å². The van der Waals surface area contributed by atoms with Crippen molar-refractivity contribution in [3.8, 4) is 5.75 Å². The molecule has 3 rings (SSSR count). The summed E-state index contributed by atoms with van der Waals surface area (Å²) in [5.41, 5.74) is 2.86. The van der Waals surface area contributed by atoms with E-state index in [1.807, 2.05) is 55.3 Å². The lowest BCUT2D eigenvalue weighted by atomic mass is 10.1. The minimum absolute atomic E-state index is 0.156. The highest BCUT2D eigenvalue weighted by Gasteiger charge is 2.15. The number of nitrogens with zero attached hydrogens (tertiary/aromatic N) is 3. The number of aromatic nitrogens is 2. The van der Waals surface area contributed by atoms with Crippen molar-refractivity contribution in [1.29, 1.82) is 0 Å². The molecule has 2 aromatic carbocycles. The van der Waals surface area contributed by atoms with Gasteiger partial charge in [-0.1, -0.05) is 47.2 Å². The van der Waals surface area contributed by atoms with Gasteiger partial charge in [-0.05, 0) is 31.7 Å². The molecule has 0 aliphatic heterocycles. The SMILES string of the molecule is COc1cccc(NC(=O)CN(C)Cc2nnc(C(=O)NCc3ccc(C)cc3)s2)c1. The van der Waals surface area contributed by atoms with Crippen LogP contribution in [0.2, 0.25) is 0 Å². The van der Waals surface area contributed by atoms with Crippen molar-refractivity contribution < 1.29 is 14.3 Å². The zero-order valence-electron chi connectivity index (χ0n) is 17.7. The Labute approximate surface area is 185 Å². The van der Waals surface area contributed by atoms with Crippen LogP contribution in [0, 0.1) is 6.92 Å². The lowest BCUT2D eigenvalue weighted by molar-refractivity contribution is -0.117. The highest BCUT2D eigenvalue weighted by molar-refractivity contribution is 7.13. The fraction of sp³-hybridized carbons (Fsp3) is 0.273. The molecule has 1 heterocycles. The summed E-state index contributed by atoms with van der Waals surface area (Å²) in [6, 6.07) is 15.1. The second-order valence-corrected chi connectivity index (χ2v) is 8.18. The van der Waals surface area contributed by atoms with Crippen molar-refractivity contribution in [2.75, 3.05) is 26.0 Å². The molecular weight excluding hydrogens is 414 g/mol. The minimum atomic E-state index is -0.261. The molecule has 0 fully saturated rings. The summed E-state index contributed by atoms with van der Waals surface area (Å²) < 4.78 is 5.16. The maximum Gasteiger partial charge on any atom is 0.282 e. The number of hydrogen-bond donors (Lipinski definition) is 2. The fourth-order valence-corrected chi connectivity index (χ4v) is 3.64. The highest BCUT2D eigenvalue weighted by atomic mass is 32.1. The van der Waals surface area contributed by atoms with Crippen molar-refractivity contribution in [3.05, 3.63) is 69.7 Å². The van der Waals surface area contributed by atoms with Crippen LogP contribution in [0.4, 0.5) is 5.69 Å². The first-order valence-corrected chi connectivity index (χ1v) is 10.5. The van der Waals surface area contributed by atoms with Crippen molar-refractivity contribution in [2.24, 2.45) is 0 Å². The molecule has 3 aromatic rings. The number of methoxy groups -OCH3 is 1. The zero-order valence-corrected chi connectivity index (χ0v) is 18.5. The number of carbonyl (C=O) groups excluding carboxylic acids is 2. The molecule has 0 radical (unpaired) electrons. The molecule has 0 bridgehead atoms. The maximum atomic E-state index is 12.3. The van der Waals surface area contributed by atoms with E-state index in [2.05, 4.69) is 20.8 Å². The van der Waals surface area contributed by atoms with Crippen LogP contribution in [0.15, 0.2) is 48.5 Å². The van der Waals surface area contributed by atoms with Gasteiger partial charge < -0.3 is 15.4 Å². The van der Waals surface area contributed by atoms with Crippen molar-refractivity contribution in [3.63, 3.8) is 0 Å². The number of rotatable bonds is 9. The summed E-state index contributed by atoms with van der Waals surface area (Å²) >= 11 is 1.22. The van der Waals surface area contributed by atoms with Crippen LogP contribution in [-0.4, -0.2) is 47.6 Å². The average Bonchev–Trinajstić information content (AvgIpc) is 3.21. The molecule has 162 valence electrons. The quantitative estimate of drug-likeness (QED) is 0.532. The Kier molecular flexibility index (Phi) is 7.69. The van der Waals surface area contributed by atoms with Gasteiger partial charge in [-0.3, -0.25) is 14.5 Å². The van der Waals surface area contributed by atoms with Crippen LogP contribution in [0.1, 0.15) is 25.9 Å². The molecule has 2 amide bonds. The molecule has 2 N–H and O–H groups in total. The summed E-state index contributed by atoms with van der Waals surface area (Å²) in [5, 5.41) is 14.7. The van der Waals surface area contributed by atoms with Crippen LogP contribution in [0.5, 0.6) is 5.75 Å². The molecule has 8 nitrogen and oxygen atoms in total. The summed E-state index contributed by atoms with van der Waals surface area (Å²) in [5.74, 6) is 0.257. The number of nitrogens with one attached hydrogen (secondary N) is 2. The van der Waals surface area contributed by atoms with Gasteiger partial charge in [0.15, 0.2) is 0 Å². The van der Waals surface area contributed by atoms with E-state index in [0.717, 1.165) is 5.56 Å². The van der Waals surface area contributed by atoms with Crippen LogP contribution in [0.3, 0.4) is 0 Å². The third kappa shape index (κ3) is 6.87. The molecule has 0 aliphatic carbocycles. The molecular formula is C22H25N5O3S. The average molecular weight is 440 g/mol. The summed E-state index contributed by atoms with van der Waals surface area (Å²) in [7, 11) is 3.39. The van der Waals surface area contributed by atoms with E-state index in [1.54, 1.807) is 19.2 Å². The number of carbonyl (C=O) groups is 2. The molecule has 31 heavy (non-hydrogen) atoms. The number of benzene rings is 2. The molecule has 0 unspecified atom stereocenters. The fourth-order valence-electron chi connectivity index (χ4n) is 2.81. The Hall–Kier alpha value is -3.30. The zero-order chi connectivity index (χ0) is 22.2. The third-order valence-electron chi connectivity index (χ3n) is 4.41. The molecule has 0 aliphatic rings. The van der Waals surface area contributed by atoms with Gasteiger partial charge in [0, 0.05) is 18.3 Å². The summed E-state index contributed by atoms with van der Waals surface area (Å²) in [6.45, 7) is 3.03. The van der Waals surface area contributed by atoms with Gasteiger partial charge in [0.1, 0.15) is 10.8 Å². The molecule has 0 saturated carbocycles. The van der Waals surface area contributed by atoms with Gasteiger partial charge in [0.25, 0.3) is 5.91 Å². The van der Waals surface area contributed by atoms with E-state index >= 15 is 0 Å². The number of hydrogen-bond acceptors (Lipinski definition) is 7. The lowest BCUT2D eigenvalue weighted by Crippen LogP contribution is -2.29. The van der Waals surface area contributed by atoms with E-state index in [-0.39, 0.29) is 18.4 Å². The van der Waals surface area contributed by atoms with Crippen LogP contribution in [0.25, 0.3) is 0 Å².